The minimum Gasteiger partial charge on any atom is -0.491 e. The van der Waals surface area contributed by atoms with Gasteiger partial charge in [-0.2, -0.15) is 4.99 Å². The fraction of sp³-hybridized carbons (Fsp3) is 0.522. The molecule has 1 aromatic rings. The number of rotatable bonds is 16. The maximum atomic E-state index is 12.1. The first kappa shape index (κ1) is 26.3. The Hall–Kier alpha value is -2.95. The molecule has 1 fully saturated rings. The molecule has 1 saturated carbocycles. The van der Waals surface area contributed by atoms with Crippen LogP contribution in [0.3, 0.4) is 0 Å². The van der Waals surface area contributed by atoms with Crippen LogP contribution < -0.4 is 16.2 Å². The van der Waals surface area contributed by atoms with Crippen LogP contribution in [0.25, 0.3) is 0 Å². The number of carboxylic acids is 1. The van der Waals surface area contributed by atoms with E-state index in [0.29, 0.717) is 50.4 Å². The Morgan fingerprint density at radius 2 is 1.58 bits per heavy atom. The normalized spacial score (nSPS) is 14.7. The second kappa shape index (κ2) is 15.0. The molecule has 10 nitrogen and oxygen atoms in total. The highest BCUT2D eigenvalue weighted by molar-refractivity contribution is 6.00. The van der Waals surface area contributed by atoms with Gasteiger partial charge in [0.25, 0.3) is 5.91 Å². The minimum absolute atomic E-state index is 0.140. The van der Waals surface area contributed by atoms with E-state index in [1.807, 2.05) is 0 Å². The summed E-state index contributed by atoms with van der Waals surface area (Å²) in [6.07, 6.45) is 5.02. The maximum Gasteiger partial charge on any atom is 0.329 e. The third-order valence-corrected chi connectivity index (χ3v) is 4.89. The standard InChI is InChI=1S/C23H33N3O7/c24-20(18-2-1-3-18)15-21(25)26-22(27)14-17-4-6-19(7-5-17)33-13-12-31-9-8-30-10-11-32-16-23(28)29/h4-7,15,18H,1-3,8-14,16,24H2,(H,28,29)(H2,25,26,27)/b20-15-. The second-order valence-electron chi connectivity index (χ2n) is 7.54. The van der Waals surface area contributed by atoms with Crippen LogP contribution in [0.1, 0.15) is 24.8 Å². The third kappa shape index (κ3) is 11.5. The van der Waals surface area contributed by atoms with Gasteiger partial charge >= 0.3 is 5.97 Å². The van der Waals surface area contributed by atoms with E-state index < -0.39 is 5.97 Å². The van der Waals surface area contributed by atoms with Gasteiger partial charge in [-0.05, 0) is 42.5 Å². The zero-order chi connectivity index (χ0) is 23.9. The molecule has 1 amide bonds. The topological polar surface area (TPSA) is 156 Å². The first-order chi connectivity index (χ1) is 15.9. The number of carbonyl (C=O) groups excluding carboxylic acids is 1. The molecular weight excluding hydrogens is 430 g/mol. The summed E-state index contributed by atoms with van der Waals surface area (Å²) in [7, 11) is 0. The van der Waals surface area contributed by atoms with Crippen LogP contribution in [0.5, 0.6) is 5.75 Å². The summed E-state index contributed by atoms with van der Waals surface area (Å²) in [6.45, 7) is 1.75. The smallest absolute Gasteiger partial charge is 0.329 e. The number of carbonyl (C=O) groups is 2. The fourth-order valence-electron chi connectivity index (χ4n) is 2.94. The third-order valence-electron chi connectivity index (χ3n) is 4.89. The molecule has 1 aromatic carbocycles. The number of allylic oxidation sites excluding steroid dienone is 1. The molecule has 1 aliphatic rings. The van der Waals surface area contributed by atoms with Crippen molar-refractivity contribution in [2.24, 2.45) is 22.4 Å². The lowest BCUT2D eigenvalue weighted by molar-refractivity contribution is -0.142. The van der Waals surface area contributed by atoms with E-state index in [2.05, 4.69) is 4.99 Å². The Kier molecular flexibility index (Phi) is 11.9. The Morgan fingerprint density at radius 1 is 0.970 bits per heavy atom. The second-order valence-corrected chi connectivity index (χ2v) is 7.54. The van der Waals surface area contributed by atoms with E-state index >= 15 is 0 Å². The summed E-state index contributed by atoms with van der Waals surface area (Å²) in [6, 6.07) is 7.17. The molecule has 0 spiro atoms. The van der Waals surface area contributed by atoms with Gasteiger partial charge in [0.2, 0.25) is 0 Å². The quantitative estimate of drug-likeness (QED) is 0.187. The van der Waals surface area contributed by atoms with Crippen molar-refractivity contribution in [1.82, 2.24) is 0 Å². The summed E-state index contributed by atoms with van der Waals surface area (Å²) in [5.74, 6) is -0.170. The molecule has 0 aromatic heterocycles. The highest BCUT2D eigenvalue weighted by Gasteiger charge is 2.19. The minimum atomic E-state index is -1.01. The molecule has 2 rings (SSSR count). The van der Waals surface area contributed by atoms with Gasteiger partial charge in [-0.25, -0.2) is 4.79 Å². The predicted octanol–water partition coefficient (Wildman–Crippen LogP) is 1.27. The fourth-order valence-corrected chi connectivity index (χ4v) is 2.94. The molecule has 5 N–H and O–H groups in total. The zero-order valence-corrected chi connectivity index (χ0v) is 18.7. The van der Waals surface area contributed by atoms with Gasteiger partial charge in [0, 0.05) is 5.70 Å². The first-order valence-electron chi connectivity index (χ1n) is 10.9. The molecule has 33 heavy (non-hydrogen) atoms. The molecule has 0 atom stereocenters. The van der Waals surface area contributed by atoms with Crippen molar-refractivity contribution in [3.8, 4) is 5.75 Å². The molecule has 0 saturated heterocycles. The summed E-state index contributed by atoms with van der Waals surface area (Å²) in [4.78, 5) is 26.3. The number of nitrogens with two attached hydrogens (primary N) is 2. The summed E-state index contributed by atoms with van der Waals surface area (Å²) < 4.78 is 21.1. The SMILES string of the molecule is NC(/C=C(\N)C1CCC1)=NC(=O)Cc1ccc(OCCOCCOCCOCC(=O)O)cc1. The lowest BCUT2D eigenvalue weighted by atomic mass is 9.83. The number of ether oxygens (including phenoxy) is 4. The van der Waals surface area contributed by atoms with Crippen LogP contribution in [0.15, 0.2) is 41.0 Å². The van der Waals surface area contributed by atoms with Crippen LogP contribution in [0, 0.1) is 5.92 Å². The van der Waals surface area contributed by atoms with E-state index in [-0.39, 0.29) is 31.4 Å². The van der Waals surface area contributed by atoms with Crippen molar-refractivity contribution in [2.45, 2.75) is 25.7 Å². The summed E-state index contributed by atoms with van der Waals surface area (Å²) in [5, 5.41) is 8.42. The van der Waals surface area contributed by atoms with Crippen molar-refractivity contribution >= 4 is 17.7 Å². The number of amidine groups is 1. The van der Waals surface area contributed by atoms with Gasteiger partial charge in [-0.15, -0.1) is 0 Å². The van der Waals surface area contributed by atoms with Crippen LogP contribution in [-0.2, 0) is 30.2 Å². The number of benzene rings is 1. The molecule has 0 radical (unpaired) electrons. The van der Waals surface area contributed by atoms with Crippen molar-refractivity contribution in [3.05, 3.63) is 41.6 Å². The predicted molar refractivity (Wildman–Crippen MR) is 122 cm³/mol. The average Bonchev–Trinajstić information content (AvgIpc) is 2.71. The first-order valence-corrected chi connectivity index (χ1v) is 10.9. The average molecular weight is 464 g/mol. The molecule has 0 bridgehead atoms. The van der Waals surface area contributed by atoms with Gasteiger partial charge < -0.3 is 35.5 Å². The van der Waals surface area contributed by atoms with Gasteiger partial charge in [0.05, 0.1) is 39.5 Å². The lowest BCUT2D eigenvalue weighted by Gasteiger charge is -2.25. The Labute approximate surface area is 193 Å². The number of aliphatic imine (C=N–C) groups is 1. The number of amides is 1. The van der Waals surface area contributed by atoms with Crippen LogP contribution in [0.4, 0.5) is 0 Å². The van der Waals surface area contributed by atoms with Crippen LogP contribution in [-0.4, -0.2) is 69.1 Å². The Bertz CT molecular complexity index is 805. The van der Waals surface area contributed by atoms with Crippen LogP contribution in [0.2, 0.25) is 0 Å². The zero-order valence-electron chi connectivity index (χ0n) is 18.7. The molecule has 0 unspecified atom stereocenters. The van der Waals surface area contributed by atoms with Gasteiger partial charge in [-0.3, -0.25) is 4.79 Å². The molecule has 182 valence electrons. The van der Waals surface area contributed by atoms with E-state index in [1.165, 1.54) is 6.42 Å². The number of hydrogen-bond acceptors (Lipinski definition) is 7. The van der Waals surface area contributed by atoms with E-state index in [1.54, 1.807) is 30.3 Å². The molecule has 0 aliphatic heterocycles. The van der Waals surface area contributed by atoms with Crippen molar-refractivity contribution < 1.29 is 33.6 Å². The molecule has 10 heteroatoms. The highest BCUT2D eigenvalue weighted by Crippen LogP contribution is 2.30. The van der Waals surface area contributed by atoms with Crippen LogP contribution >= 0.6 is 0 Å². The molecule has 1 aliphatic carbocycles. The Morgan fingerprint density at radius 3 is 2.15 bits per heavy atom. The lowest BCUT2D eigenvalue weighted by Crippen LogP contribution is -2.22. The number of carboxylic acid groups (broad SMARTS) is 1. The highest BCUT2D eigenvalue weighted by atomic mass is 16.6. The van der Waals surface area contributed by atoms with Gasteiger partial charge in [-0.1, -0.05) is 18.6 Å². The monoisotopic (exact) mass is 463 g/mol. The maximum absolute atomic E-state index is 12.1. The van der Waals surface area contributed by atoms with Crippen molar-refractivity contribution in [1.29, 1.82) is 0 Å². The van der Waals surface area contributed by atoms with Crippen molar-refractivity contribution in [2.75, 3.05) is 46.2 Å². The van der Waals surface area contributed by atoms with E-state index in [9.17, 15) is 9.59 Å². The number of hydrogen-bond donors (Lipinski definition) is 3. The summed E-state index contributed by atoms with van der Waals surface area (Å²) in [5.41, 5.74) is 13.3. The van der Waals surface area contributed by atoms with E-state index in [0.717, 1.165) is 18.4 Å². The number of aliphatic carboxylic acids is 1. The van der Waals surface area contributed by atoms with E-state index in [4.69, 9.17) is 35.5 Å². The van der Waals surface area contributed by atoms with Gasteiger partial charge in [0.1, 0.15) is 24.8 Å². The van der Waals surface area contributed by atoms with Gasteiger partial charge in [0.15, 0.2) is 0 Å². The Balaban J connectivity index is 1.56. The summed E-state index contributed by atoms with van der Waals surface area (Å²) >= 11 is 0. The number of nitrogens with zero attached hydrogens (tertiary/aromatic N) is 1. The molecular formula is C23H33N3O7. The molecule has 0 heterocycles. The van der Waals surface area contributed by atoms with Crippen molar-refractivity contribution in [3.63, 3.8) is 0 Å². The largest absolute Gasteiger partial charge is 0.491 e.